The van der Waals surface area contributed by atoms with Crippen LogP contribution in [0.4, 0.5) is 0 Å². The number of guanidine groups is 1. The van der Waals surface area contributed by atoms with E-state index in [0.29, 0.717) is 31.6 Å². The highest BCUT2D eigenvalue weighted by Gasteiger charge is 2.28. The molecule has 34 heavy (non-hydrogen) atoms. The van der Waals surface area contributed by atoms with E-state index in [2.05, 4.69) is 20.9 Å². The Morgan fingerprint density at radius 1 is 0.912 bits per heavy atom. The van der Waals surface area contributed by atoms with Crippen LogP contribution in [-0.4, -0.2) is 84.0 Å². The maximum Gasteiger partial charge on any atom is 0.326 e. The number of rotatable bonds is 18. The number of carboxylic acid groups (broad SMARTS) is 1. The molecule has 0 aromatic heterocycles. The maximum atomic E-state index is 12.8. The second-order valence-electron chi connectivity index (χ2n) is 7.81. The van der Waals surface area contributed by atoms with Crippen LogP contribution in [0.25, 0.3) is 0 Å². The van der Waals surface area contributed by atoms with Crippen molar-refractivity contribution in [1.29, 1.82) is 0 Å². The molecule has 0 fully saturated rings. The van der Waals surface area contributed by atoms with E-state index in [4.69, 9.17) is 22.9 Å². The number of nitrogens with zero attached hydrogens (tertiary/aromatic N) is 1. The van der Waals surface area contributed by atoms with E-state index in [1.165, 1.54) is 18.7 Å². The highest BCUT2D eigenvalue weighted by molar-refractivity contribution is 7.98. The van der Waals surface area contributed by atoms with E-state index in [0.717, 1.165) is 6.42 Å². The van der Waals surface area contributed by atoms with Gasteiger partial charge in [0.25, 0.3) is 0 Å². The molecule has 4 atom stereocenters. The summed E-state index contributed by atoms with van der Waals surface area (Å²) in [7, 11) is 0. The summed E-state index contributed by atoms with van der Waals surface area (Å²) in [4.78, 5) is 52.9. The summed E-state index contributed by atoms with van der Waals surface area (Å²) in [5, 5.41) is 16.8. The largest absolute Gasteiger partial charge is 0.480 e. The number of hydrogen-bond acceptors (Lipinski definition) is 8. The average molecular weight is 505 g/mol. The molecule has 0 heterocycles. The van der Waals surface area contributed by atoms with Crippen molar-refractivity contribution in [3.05, 3.63) is 0 Å². The fraction of sp³-hybridized carbons (Fsp3) is 0.750. The van der Waals surface area contributed by atoms with Crippen molar-refractivity contribution in [3.8, 4) is 0 Å². The lowest BCUT2D eigenvalue weighted by Gasteiger charge is -2.23. The van der Waals surface area contributed by atoms with Gasteiger partial charge >= 0.3 is 5.97 Å². The Kier molecular flexibility index (Phi) is 16.5. The van der Waals surface area contributed by atoms with E-state index in [-0.39, 0.29) is 25.3 Å². The summed E-state index contributed by atoms with van der Waals surface area (Å²) in [5.74, 6) is -2.45. The van der Waals surface area contributed by atoms with Crippen LogP contribution in [0.15, 0.2) is 4.99 Å². The van der Waals surface area contributed by atoms with Crippen LogP contribution in [0.1, 0.15) is 45.4 Å². The minimum absolute atomic E-state index is 0.0910. The fourth-order valence-electron chi connectivity index (χ4n) is 2.86. The summed E-state index contributed by atoms with van der Waals surface area (Å²) < 4.78 is 0. The van der Waals surface area contributed by atoms with Gasteiger partial charge < -0.3 is 44.0 Å². The van der Waals surface area contributed by atoms with Gasteiger partial charge in [-0.05, 0) is 57.6 Å². The third kappa shape index (κ3) is 13.9. The zero-order chi connectivity index (χ0) is 26.1. The number of nitrogens with one attached hydrogen (secondary N) is 3. The van der Waals surface area contributed by atoms with Crippen LogP contribution >= 0.6 is 11.8 Å². The molecule has 0 aliphatic rings. The molecule has 0 saturated heterocycles. The number of aliphatic imine (C=N–C) groups is 1. The van der Waals surface area contributed by atoms with Gasteiger partial charge in [-0.1, -0.05) is 6.42 Å². The topological polar surface area (TPSA) is 241 Å². The number of carboxylic acids is 1. The first-order valence-electron chi connectivity index (χ1n) is 11.2. The predicted molar refractivity (Wildman–Crippen MR) is 133 cm³/mol. The molecule has 0 spiro atoms. The molecule has 12 N–H and O–H groups in total. The van der Waals surface area contributed by atoms with Crippen molar-refractivity contribution in [2.75, 3.05) is 25.1 Å². The third-order valence-corrected chi connectivity index (χ3v) is 5.51. The first-order valence-corrected chi connectivity index (χ1v) is 12.6. The quantitative estimate of drug-likeness (QED) is 0.0569. The van der Waals surface area contributed by atoms with Crippen LogP contribution in [0, 0.1) is 0 Å². The van der Waals surface area contributed by atoms with Gasteiger partial charge in [0, 0.05) is 6.54 Å². The van der Waals surface area contributed by atoms with Crippen LogP contribution in [0.2, 0.25) is 0 Å². The Hall–Kier alpha value is -2.58. The van der Waals surface area contributed by atoms with Gasteiger partial charge in [0.1, 0.15) is 18.1 Å². The third-order valence-electron chi connectivity index (χ3n) is 4.86. The summed E-state index contributed by atoms with van der Waals surface area (Å²) in [6.07, 6.45) is 4.47. The molecule has 0 aliphatic carbocycles. The first-order chi connectivity index (χ1) is 16.0. The molecule has 0 aromatic rings. The fourth-order valence-corrected chi connectivity index (χ4v) is 3.33. The Bertz CT molecular complexity index is 690. The Balaban J connectivity index is 5.11. The second kappa shape index (κ2) is 17.8. The van der Waals surface area contributed by atoms with Gasteiger partial charge in [0.15, 0.2) is 5.96 Å². The van der Waals surface area contributed by atoms with Crippen molar-refractivity contribution >= 4 is 41.4 Å². The number of nitrogens with two attached hydrogens (primary N) is 4. The number of carbonyl (C=O) groups is 4. The van der Waals surface area contributed by atoms with Gasteiger partial charge in [0.2, 0.25) is 17.7 Å². The predicted octanol–water partition coefficient (Wildman–Crippen LogP) is -2.19. The number of hydrogen-bond donors (Lipinski definition) is 8. The van der Waals surface area contributed by atoms with Crippen molar-refractivity contribution in [1.82, 2.24) is 16.0 Å². The lowest BCUT2D eigenvalue weighted by molar-refractivity contribution is -0.142. The standard InChI is InChI=1S/C20H40N8O5S/c1-12(16(29)28-15(19(32)33)8-11-34-2)26-18(31)14(7-5-10-25-20(23)24)27-17(30)13(22)6-3-4-9-21/h12-15H,3-11,21-22H2,1-2H3,(H,26,31)(H,27,30)(H,28,29)(H,32,33)(H4,23,24,25). The average Bonchev–Trinajstić information content (AvgIpc) is 2.77. The smallest absolute Gasteiger partial charge is 0.326 e. The van der Waals surface area contributed by atoms with Crippen molar-refractivity contribution in [3.63, 3.8) is 0 Å². The van der Waals surface area contributed by atoms with E-state index in [9.17, 15) is 24.3 Å². The number of amides is 3. The zero-order valence-electron chi connectivity index (χ0n) is 19.9. The highest BCUT2D eigenvalue weighted by atomic mass is 32.2. The van der Waals surface area contributed by atoms with E-state index < -0.39 is 47.9 Å². The molecule has 3 amide bonds. The van der Waals surface area contributed by atoms with E-state index >= 15 is 0 Å². The second-order valence-corrected chi connectivity index (χ2v) is 8.80. The summed E-state index contributed by atoms with van der Waals surface area (Å²) in [6.45, 7) is 2.16. The number of carbonyl (C=O) groups excluding carboxylic acids is 3. The minimum Gasteiger partial charge on any atom is -0.480 e. The van der Waals surface area contributed by atoms with Gasteiger partial charge in [-0.3, -0.25) is 19.4 Å². The van der Waals surface area contributed by atoms with E-state index in [1.807, 2.05) is 6.26 Å². The highest BCUT2D eigenvalue weighted by Crippen LogP contribution is 2.04. The van der Waals surface area contributed by atoms with Crippen molar-refractivity contribution in [2.45, 2.75) is 69.6 Å². The van der Waals surface area contributed by atoms with Gasteiger partial charge in [-0.25, -0.2) is 4.79 Å². The first kappa shape index (κ1) is 31.4. The molecule has 0 aromatic carbocycles. The Morgan fingerprint density at radius 2 is 1.56 bits per heavy atom. The summed E-state index contributed by atoms with van der Waals surface area (Å²) in [6, 6.07) is -3.89. The Morgan fingerprint density at radius 3 is 2.12 bits per heavy atom. The van der Waals surface area contributed by atoms with Gasteiger partial charge in [-0.2, -0.15) is 11.8 Å². The minimum atomic E-state index is -1.16. The maximum absolute atomic E-state index is 12.8. The molecule has 0 saturated carbocycles. The van der Waals surface area contributed by atoms with Gasteiger partial charge in [0.05, 0.1) is 6.04 Å². The zero-order valence-corrected chi connectivity index (χ0v) is 20.7. The summed E-state index contributed by atoms with van der Waals surface area (Å²) in [5.41, 5.74) is 22.0. The lowest BCUT2D eigenvalue weighted by Crippen LogP contribution is -2.56. The molecule has 0 aliphatic heterocycles. The van der Waals surface area contributed by atoms with Gasteiger partial charge in [-0.15, -0.1) is 0 Å². The molecular weight excluding hydrogens is 464 g/mol. The molecule has 4 unspecified atom stereocenters. The SMILES string of the molecule is CSCCC(NC(=O)C(C)NC(=O)C(CCCN=C(N)N)NC(=O)C(N)CCCCN)C(=O)O. The Labute approximate surface area is 204 Å². The van der Waals surface area contributed by atoms with Crippen LogP contribution in [-0.2, 0) is 19.2 Å². The monoisotopic (exact) mass is 504 g/mol. The molecule has 0 bridgehead atoms. The number of unbranched alkanes of at least 4 members (excludes halogenated alkanes) is 1. The lowest BCUT2D eigenvalue weighted by atomic mass is 10.1. The molecule has 0 radical (unpaired) electrons. The van der Waals surface area contributed by atoms with E-state index in [1.54, 1.807) is 0 Å². The number of aliphatic carboxylic acids is 1. The van der Waals surface area contributed by atoms with Crippen molar-refractivity contribution in [2.24, 2.45) is 27.9 Å². The molecule has 13 nitrogen and oxygen atoms in total. The normalized spacial score (nSPS) is 14.2. The van der Waals surface area contributed by atoms with Crippen LogP contribution in [0.5, 0.6) is 0 Å². The molecule has 0 rings (SSSR count). The van der Waals surface area contributed by atoms with Crippen LogP contribution < -0.4 is 38.9 Å². The summed E-state index contributed by atoms with van der Waals surface area (Å²) >= 11 is 1.46. The van der Waals surface area contributed by atoms with Crippen LogP contribution in [0.3, 0.4) is 0 Å². The number of thioether (sulfide) groups is 1. The molecular formula is C20H40N8O5S. The van der Waals surface area contributed by atoms with Crippen molar-refractivity contribution < 1.29 is 24.3 Å². The molecule has 196 valence electrons. The molecule has 14 heteroatoms.